The maximum atomic E-state index is 5.87. The van der Waals surface area contributed by atoms with E-state index in [9.17, 15) is 0 Å². The minimum Gasteiger partial charge on any atom is -0.480 e. The molecule has 5 heteroatoms. The van der Waals surface area contributed by atoms with Gasteiger partial charge in [0.05, 0.1) is 0 Å². The van der Waals surface area contributed by atoms with Crippen molar-refractivity contribution in [3.63, 3.8) is 0 Å². The predicted molar refractivity (Wildman–Crippen MR) is 149 cm³/mol. The van der Waals surface area contributed by atoms with Crippen LogP contribution >= 0.6 is 0 Å². The van der Waals surface area contributed by atoms with Gasteiger partial charge < -0.3 is 8.97 Å². The average Bonchev–Trinajstić information content (AvgIpc) is 3.03. The molecule has 32 heavy (non-hydrogen) atoms. The third-order valence-corrected chi connectivity index (χ3v) is 21.5. The van der Waals surface area contributed by atoms with E-state index in [-0.39, 0.29) is 6.17 Å². The van der Waals surface area contributed by atoms with Crippen molar-refractivity contribution in [3.05, 3.63) is 0 Å². The fourth-order valence-electron chi connectivity index (χ4n) is 7.21. The van der Waals surface area contributed by atoms with Crippen LogP contribution in [-0.2, 0) is 4.74 Å². The Labute approximate surface area is 204 Å². The lowest BCUT2D eigenvalue weighted by atomic mass is 10.2. The number of aliphatic imine (C=N–C) groups is 1. The van der Waals surface area contributed by atoms with Gasteiger partial charge in [-0.2, -0.15) is 0 Å². The molecule has 0 aromatic carbocycles. The molecule has 1 aliphatic rings. The highest BCUT2D eigenvalue weighted by Crippen LogP contribution is 2.46. The van der Waals surface area contributed by atoms with E-state index in [0.717, 1.165) is 42.1 Å². The summed E-state index contributed by atoms with van der Waals surface area (Å²) in [6.45, 7) is 30.3. The van der Waals surface area contributed by atoms with Crippen LogP contribution in [0.3, 0.4) is 0 Å². The summed E-state index contributed by atoms with van der Waals surface area (Å²) in [7, 11) is -3.63. The first-order valence-electron chi connectivity index (χ1n) is 13.7. The summed E-state index contributed by atoms with van der Waals surface area (Å²) < 4.78 is 9.12. The Hall–Kier alpha value is -0.136. The summed E-state index contributed by atoms with van der Waals surface area (Å²) in [5.74, 6) is 4.40. The number of ether oxygens (including phenoxy) is 1. The molecule has 0 spiro atoms. The minimum absolute atomic E-state index is 0.251. The monoisotopic (exact) mass is 482 g/mol. The molecule has 0 amide bonds. The number of hydrogen-bond donors (Lipinski definition) is 0. The lowest BCUT2D eigenvalue weighted by molar-refractivity contribution is 0.273. The second-order valence-corrected chi connectivity index (χ2v) is 22.2. The van der Waals surface area contributed by atoms with E-state index in [1.54, 1.807) is 6.40 Å². The van der Waals surface area contributed by atoms with Gasteiger partial charge in [0.25, 0.3) is 0 Å². The topological polar surface area (TPSA) is 24.8 Å². The summed E-state index contributed by atoms with van der Waals surface area (Å²) in [6.07, 6.45) is 2.02. The van der Waals surface area contributed by atoms with Crippen LogP contribution in [0.15, 0.2) is 4.99 Å². The minimum atomic E-state index is -1.81. The lowest BCUT2D eigenvalue weighted by Crippen LogP contribution is -2.72. The molecule has 0 saturated carbocycles. The maximum absolute atomic E-state index is 5.87. The predicted octanol–water partition coefficient (Wildman–Crippen LogP) is 8.50. The van der Waals surface area contributed by atoms with Gasteiger partial charge >= 0.3 is 0 Å². The van der Waals surface area contributed by atoms with Gasteiger partial charge in [0.15, 0.2) is 6.40 Å². The standard InChI is InChI=1S/C27H58N2OSi2/c1-21(2)14-31(15-22(3)4,16-23(5)6)29(27-13-30-20-28-27)32(17-24(7)8,18-25(9)10)19-26(11)12/h20-27H,13-19H2,1-12H3. The van der Waals surface area contributed by atoms with Gasteiger partial charge in [-0.1, -0.05) is 83.1 Å². The van der Waals surface area contributed by atoms with Gasteiger partial charge in [-0.3, -0.25) is 0 Å². The van der Waals surface area contributed by atoms with Crippen molar-refractivity contribution in [3.8, 4) is 0 Å². The van der Waals surface area contributed by atoms with Gasteiger partial charge in [0.2, 0.25) is 0 Å². The first-order valence-corrected chi connectivity index (χ1v) is 18.8. The molecule has 190 valence electrons. The molecule has 1 aliphatic heterocycles. The van der Waals surface area contributed by atoms with Gasteiger partial charge in [0, 0.05) is 0 Å². The first-order chi connectivity index (χ1) is 14.7. The molecule has 0 N–H and O–H groups in total. The van der Waals surface area contributed by atoms with Crippen molar-refractivity contribution in [2.75, 3.05) is 6.61 Å². The molecule has 1 heterocycles. The van der Waals surface area contributed by atoms with Gasteiger partial charge in [-0.05, 0) is 71.8 Å². The zero-order valence-corrected chi connectivity index (χ0v) is 25.9. The van der Waals surface area contributed by atoms with Gasteiger partial charge in [-0.25, -0.2) is 4.99 Å². The van der Waals surface area contributed by atoms with Gasteiger partial charge in [0.1, 0.15) is 29.2 Å². The zero-order valence-electron chi connectivity index (χ0n) is 23.9. The van der Waals surface area contributed by atoms with E-state index in [1.165, 1.54) is 36.3 Å². The van der Waals surface area contributed by atoms with E-state index in [4.69, 9.17) is 9.73 Å². The van der Waals surface area contributed by atoms with E-state index in [2.05, 4.69) is 87.3 Å². The Morgan fingerprint density at radius 2 is 0.906 bits per heavy atom. The normalized spacial score (nSPS) is 17.9. The van der Waals surface area contributed by atoms with Crippen molar-refractivity contribution in [1.82, 2.24) is 4.23 Å². The SMILES string of the molecule is CC(C)C[Si](CC(C)C)(CC(C)C)N(C1COC=N1)[Si](CC(C)C)(CC(C)C)CC(C)C. The van der Waals surface area contributed by atoms with Crippen LogP contribution in [0.25, 0.3) is 0 Å². The van der Waals surface area contributed by atoms with E-state index < -0.39 is 16.5 Å². The Morgan fingerprint density at radius 1 is 0.625 bits per heavy atom. The number of nitrogens with zero attached hydrogens (tertiary/aromatic N) is 2. The van der Waals surface area contributed by atoms with Crippen LogP contribution in [0.1, 0.15) is 83.1 Å². The maximum Gasteiger partial charge on any atom is 0.171 e. The van der Waals surface area contributed by atoms with Gasteiger partial charge in [-0.15, -0.1) is 0 Å². The van der Waals surface area contributed by atoms with Crippen LogP contribution in [0.5, 0.6) is 0 Å². The van der Waals surface area contributed by atoms with Crippen molar-refractivity contribution in [2.24, 2.45) is 40.5 Å². The third kappa shape index (κ3) is 8.90. The highest BCUT2D eigenvalue weighted by atomic mass is 28.4. The third-order valence-electron chi connectivity index (χ3n) is 6.60. The summed E-state index contributed by atoms with van der Waals surface area (Å²) in [5.41, 5.74) is 0. The molecule has 0 aliphatic carbocycles. The summed E-state index contributed by atoms with van der Waals surface area (Å²) in [5, 5.41) is 0. The molecule has 3 nitrogen and oxygen atoms in total. The van der Waals surface area contributed by atoms with E-state index in [1.807, 2.05) is 0 Å². The van der Waals surface area contributed by atoms with Crippen molar-refractivity contribution >= 4 is 22.9 Å². The van der Waals surface area contributed by atoms with E-state index in [0.29, 0.717) is 0 Å². The second-order valence-electron chi connectivity index (χ2n) is 13.5. The molecule has 1 atom stereocenters. The highest BCUT2D eigenvalue weighted by molar-refractivity contribution is 6.93. The Bertz CT molecular complexity index is 467. The lowest BCUT2D eigenvalue weighted by Gasteiger charge is -2.58. The van der Waals surface area contributed by atoms with Crippen LogP contribution in [0.4, 0.5) is 0 Å². The first kappa shape index (κ1) is 29.9. The van der Waals surface area contributed by atoms with Crippen LogP contribution in [-0.4, -0.2) is 39.9 Å². The molecule has 0 radical (unpaired) electrons. The summed E-state index contributed by atoms with van der Waals surface area (Å²) in [6, 6.07) is 8.41. The van der Waals surface area contributed by atoms with Crippen LogP contribution in [0.2, 0.25) is 36.3 Å². The number of rotatable bonds is 15. The molecule has 0 fully saturated rings. The smallest absolute Gasteiger partial charge is 0.171 e. The average molecular weight is 483 g/mol. The molecule has 1 unspecified atom stereocenters. The largest absolute Gasteiger partial charge is 0.480 e. The quantitative estimate of drug-likeness (QED) is 0.218. The Kier molecular flexibility index (Phi) is 12.2. The van der Waals surface area contributed by atoms with E-state index >= 15 is 0 Å². The Balaban J connectivity index is 3.88. The second kappa shape index (κ2) is 13.1. The fraction of sp³-hybridized carbons (Fsp3) is 0.963. The zero-order chi connectivity index (χ0) is 24.7. The molecular weight excluding hydrogens is 424 g/mol. The summed E-state index contributed by atoms with van der Waals surface area (Å²) >= 11 is 0. The molecule has 0 aromatic rings. The number of hydrogen-bond acceptors (Lipinski definition) is 3. The molecule has 0 aromatic heterocycles. The van der Waals surface area contributed by atoms with Crippen LogP contribution in [0, 0.1) is 35.5 Å². The molecular formula is C27H58N2OSi2. The highest BCUT2D eigenvalue weighted by Gasteiger charge is 2.55. The fourth-order valence-corrected chi connectivity index (χ4v) is 25.7. The Morgan fingerprint density at radius 3 is 1.09 bits per heavy atom. The van der Waals surface area contributed by atoms with Crippen molar-refractivity contribution in [1.29, 1.82) is 0 Å². The van der Waals surface area contributed by atoms with Crippen molar-refractivity contribution < 1.29 is 4.74 Å². The van der Waals surface area contributed by atoms with Crippen molar-refractivity contribution in [2.45, 2.75) is 126 Å². The molecule has 0 saturated heterocycles. The molecule has 0 bridgehead atoms. The molecule has 1 rings (SSSR count). The van der Waals surface area contributed by atoms with Crippen LogP contribution < -0.4 is 0 Å². The summed E-state index contributed by atoms with van der Waals surface area (Å²) in [4.78, 5) is 5.06.